The molecule has 0 fully saturated rings. The molecule has 0 aliphatic rings. The first-order valence-electron chi connectivity index (χ1n) is 36.8. The summed E-state index contributed by atoms with van der Waals surface area (Å²) in [6.45, 7) is 14.1. The molecule has 3 N–H and O–H groups in total. The number of carbonyl (C=O) groups is 4. The van der Waals surface area contributed by atoms with Crippen molar-refractivity contribution in [2.75, 3.05) is 39.6 Å². The summed E-state index contributed by atoms with van der Waals surface area (Å²) in [4.78, 5) is 72.5. The van der Waals surface area contributed by atoms with E-state index in [0.29, 0.717) is 31.6 Å². The summed E-state index contributed by atoms with van der Waals surface area (Å²) in [7, 11) is -9.90. The Bertz CT molecular complexity index is 1790. The zero-order chi connectivity index (χ0) is 66.8. The van der Waals surface area contributed by atoms with Gasteiger partial charge < -0.3 is 33.8 Å². The smallest absolute Gasteiger partial charge is 0.462 e. The van der Waals surface area contributed by atoms with Crippen LogP contribution >= 0.6 is 15.6 Å². The van der Waals surface area contributed by atoms with Gasteiger partial charge in [0.05, 0.1) is 26.4 Å². The average Bonchev–Trinajstić information content (AvgIpc) is 3.08. The number of phosphoric acid groups is 2. The Morgan fingerprint density at radius 2 is 0.533 bits per heavy atom. The highest BCUT2D eigenvalue weighted by atomic mass is 31.2. The fourth-order valence-electron chi connectivity index (χ4n) is 10.6. The van der Waals surface area contributed by atoms with E-state index in [9.17, 15) is 43.2 Å². The minimum absolute atomic E-state index is 0.101. The highest BCUT2D eigenvalue weighted by Gasteiger charge is 2.30. The Morgan fingerprint density at radius 3 is 0.789 bits per heavy atom. The zero-order valence-electron chi connectivity index (χ0n) is 58.8. The minimum Gasteiger partial charge on any atom is -0.462 e. The van der Waals surface area contributed by atoms with E-state index in [-0.39, 0.29) is 25.7 Å². The maximum Gasteiger partial charge on any atom is 0.472 e. The number of carbonyl (C=O) groups excluding carboxylic acids is 4. The SMILES string of the molecule is CCC(C)CCCCCCCCCCCCCCCCC(=O)O[C@H](COC(=O)CCCCCCCCCCC(C)CC)COP(=O)(O)OCC(O)COP(=O)(O)OC[C@@H](COC(=O)CCCCCCCCCCC(C)C)OC(=O)CCCCCCCCC(C)C. The first kappa shape index (κ1) is 88.1. The molecular formula is C71H138O17P2. The van der Waals surface area contributed by atoms with Crippen LogP contribution in [0.3, 0.4) is 0 Å². The molecule has 534 valence electrons. The third-order valence-corrected chi connectivity index (χ3v) is 18.9. The van der Waals surface area contributed by atoms with Gasteiger partial charge in [0, 0.05) is 25.7 Å². The Balaban J connectivity index is 5.23. The number of ether oxygens (including phenoxy) is 4. The summed E-state index contributed by atoms with van der Waals surface area (Å²) in [6, 6.07) is 0. The third-order valence-electron chi connectivity index (χ3n) is 17.0. The predicted octanol–water partition coefficient (Wildman–Crippen LogP) is 20.1. The largest absolute Gasteiger partial charge is 0.472 e. The molecule has 0 bridgehead atoms. The highest BCUT2D eigenvalue weighted by Crippen LogP contribution is 2.45. The summed E-state index contributed by atoms with van der Waals surface area (Å²) < 4.78 is 68.3. The summed E-state index contributed by atoms with van der Waals surface area (Å²) >= 11 is 0. The van der Waals surface area contributed by atoms with Gasteiger partial charge in [-0.1, -0.05) is 299 Å². The Labute approximate surface area is 549 Å². The number of esters is 4. The quantitative estimate of drug-likeness (QED) is 0.0222. The normalized spacial score (nSPS) is 14.9. The molecule has 0 saturated carbocycles. The van der Waals surface area contributed by atoms with Crippen molar-refractivity contribution < 1.29 is 80.2 Å². The van der Waals surface area contributed by atoms with Gasteiger partial charge in [-0.15, -0.1) is 0 Å². The van der Waals surface area contributed by atoms with E-state index in [4.69, 9.17) is 37.0 Å². The third kappa shape index (κ3) is 62.2. The summed E-state index contributed by atoms with van der Waals surface area (Å²) in [5, 5.41) is 10.6. The van der Waals surface area contributed by atoms with Gasteiger partial charge in [0.2, 0.25) is 0 Å². The molecule has 0 amide bonds. The highest BCUT2D eigenvalue weighted by molar-refractivity contribution is 7.47. The molecule has 0 heterocycles. The van der Waals surface area contributed by atoms with E-state index in [2.05, 4.69) is 55.4 Å². The zero-order valence-corrected chi connectivity index (χ0v) is 60.6. The van der Waals surface area contributed by atoms with Crippen molar-refractivity contribution in [1.29, 1.82) is 0 Å². The summed E-state index contributed by atoms with van der Waals surface area (Å²) in [5.41, 5.74) is 0. The Morgan fingerprint density at radius 1 is 0.311 bits per heavy atom. The monoisotopic (exact) mass is 1320 g/mol. The lowest BCUT2D eigenvalue weighted by Crippen LogP contribution is -2.30. The number of rotatable bonds is 68. The van der Waals surface area contributed by atoms with Gasteiger partial charge in [-0.3, -0.25) is 37.3 Å². The second-order valence-corrected chi connectivity index (χ2v) is 30.0. The molecule has 0 aliphatic heterocycles. The van der Waals surface area contributed by atoms with E-state index in [1.165, 1.54) is 154 Å². The van der Waals surface area contributed by atoms with Crippen LogP contribution in [-0.2, 0) is 65.4 Å². The molecule has 0 rings (SSSR count). The molecule has 0 aromatic heterocycles. The number of aliphatic hydroxyl groups excluding tert-OH is 1. The minimum atomic E-state index is -4.95. The number of unbranched alkanes of at least 4 members (excludes halogenated alkanes) is 32. The summed E-state index contributed by atoms with van der Waals surface area (Å²) in [6.07, 6.45) is 43.2. The van der Waals surface area contributed by atoms with Gasteiger partial charge in [0.25, 0.3) is 0 Å². The lowest BCUT2D eigenvalue weighted by atomic mass is 9.99. The molecule has 7 atom stereocenters. The first-order chi connectivity index (χ1) is 43.2. The standard InChI is InChI=1S/C71H138O17P2/c1-9-63(7)49-41-33-24-17-15-13-11-12-14-16-18-28-37-45-53-70(75)87-66(57-81-69(74)52-44-36-27-22-20-25-34-42-50-64(8)10-2)59-85-89(77,78)83-55-65(72)56-84-90(79,80)86-60-67(88-71(76)54-46-38-30-29-32-40-48-62(5)6)58-82-68(73)51-43-35-26-21-19-23-31-39-47-61(3)4/h61-67,72H,9-60H2,1-8H3,(H,77,78)(H,79,80)/t63?,64?,65?,66-,67-/m1/s1. The van der Waals surface area contributed by atoms with Crippen LogP contribution in [0.5, 0.6) is 0 Å². The molecule has 0 saturated heterocycles. The lowest BCUT2D eigenvalue weighted by molar-refractivity contribution is -0.161. The van der Waals surface area contributed by atoms with E-state index in [1.54, 1.807) is 0 Å². The van der Waals surface area contributed by atoms with Crippen molar-refractivity contribution >= 4 is 39.5 Å². The fraction of sp³-hybridized carbons (Fsp3) is 0.944. The van der Waals surface area contributed by atoms with Gasteiger partial charge >= 0.3 is 39.5 Å². The van der Waals surface area contributed by atoms with Crippen LogP contribution in [0.25, 0.3) is 0 Å². The van der Waals surface area contributed by atoms with Crippen molar-refractivity contribution in [1.82, 2.24) is 0 Å². The van der Waals surface area contributed by atoms with Crippen LogP contribution in [0.2, 0.25) is 0 Å². The number of hydrogen-bond acceptors (Lipinski definition) is 15. The predicted molar refractivity (Wildman–Crippen MR) is 363 cm³/mol. The van der Waals surface area contributed by atoms with Gasteiger partial charge in [-0.05, 0) is 49.4 Å². The maximum absolute atomic E-state index is 13.0. The molecule has 17 nitrogen and oxygen atoms in total. The van der Waals surface area contributed by atoms with E-state index >= 15 is 0 Å². The van der Waals surface area contributed by atoms with Crippen LogP contribution in [0.4, 0.5) is 0 Å². The van der Waals surface area contributed by atoms with Crippen LogP contribution < -0.4 is 0 Å². The molecule has 90 heavy (non-hydrogen) atoms. The number of hydrogen-bond donors (Lipinski definition) is 3. The number of aliphatic hydroxyl groups is 1. The van der Waals surface area contributed by atoms with Crippen molar-refractivity contribution in [2.45, 2.75) is 369 Å². The molecule has 0 aliphatic carbocycles. The molecule has 19 heteroatoms. The topological polar surface area (TPSA) is 237 Å². The number of phosphoric ester groups is 2. The van der Waals surface area contributed by atoms with Crippen molar-refractivity contribution in [2.24, 2.45) is 23.7 Å². The van der Waals surface area contributed by atoms with Crippen LogP contribution in [0, 0.1) is 23.7 Å². The molecule has 5 unspecified atom stereocenters. The van der Waals surface area contributed by atoms with Gasteiger partial charge in [0.15, 0.2) is 12.2 Å². The van der Waals surface area contributed by atoms with Crippen LogP contribution in [0.15, 0.2) is 0 Å². The van der Waals surface area contributed by atoms with Crippen LogP contribution in [-0.4, -0.2) is 96.7 Å². The van der Waals surface area contributed by atoms with Gasteiger partial charge in [0.1, 0.15) is 19.3 Å². The average molecular weight is 1330 g/mol. The maximum atomic E-state index is 13.0. The molecule has 0 aromatic rings. The summed E-state index contributed by atoms with van der Waals surface area (Å²) in [5.74, 6) is 0.886. The van der Waals surface area contributed by atoms with Gasteiger partial charge in [-0.25, -0.2) is 9.13 Å². The lowest BCUT2D eigenvalue weighted by Gasteiger charge is -2.21. The molecular weight excluding hydrogens is 1190 g/mol. The van der Waals surface area contributed by atoms with E-state index in [1.807, 2.05) is 0 Å². The van der Waals surface area contributed by atoms with E-state index in [0.717, 1.165) is 108 Å². The van der Waals surface area contributed by atoms with Crippen LogP contribution in [0.1, 0.15) is 351 Å². The van der Waals surface area contributed by atoms with E-state index < -0.39 is 97.5 Å². The molecule has 0 radical (unpaired) electrons. The fourth-order valence-corrected chi connectivity index (χ4v) is 12.2. The Hall–Kier alpha value is -1.94. The Kier molecular flexibility index (Phi) is 59.4. The van der Waals surface area contributed by atoms with Crippen molar-refractivity contribution in [3.8, 4) is 0 Å². The second-order valence-electron chi connectivity index (χ2n) is 27.1. The van der Waals surface area contributed by atoms with Crippen molar-refractivity contribution in [3.05, 3.63) is 0 Å². The first-order valence-corrected chi connectivity index (χ1v) is 39.8. The van der Waals surface area contributed by atoms with Gasteiger partial charge in [-0.2, -0.15) is 0 Å². The van der Waals surface area contributed by atoms with Crippen molar-refractivity contribution in [3.63, 3.8) is 0 Å². The second kappa shape index (κ2) is 60.7. The molecule has 0 aromatic carbocycles. The molecule has 0 spiro atoms.